The van der Waals surface area contributed by atoms with Gasteiger partial charge in [-0.3, -0.25) is 14.0 Å². The number of hydrogen-bond acceptors (Lipinski definition) is 7. The Hall–Kier alpha value is -4.55. The van der Waals surface area contributed by atoms with Crippen LogP contribution in [0.5, 0.6) is 17.4 Å². The van der Waals surface area contributed by atoms with Crippen molar-refractivity contribution < 1.29 is 45.4 Å². The fraction of sp³-hybridized carbons (Fsp3) is 0.348. The average molecular weight is 556 g/mol. The van der Waals surface area contributed by atoms with E-state index in [-0.39, 0.29) is 40.8 Å². The first kappa shape index (κ1) is 27.5. The zero-order valence-corrected chi connectivity index (χ0v) is 19.9. The summed E-state index contributed by atoms with van der Waals surface area (Å²) < 4.78 is 88.6. The van der Waals surface area contributed by atoms with Gasteiger partial charge in [0.05, 0.1) is 36.1 Å². The van der Waals surface area contributed by atoms with E-state index < -0.39 is 55.5 Å². The molecule has 4 rings (SSSR count). The van der Waals surface area contributed by atoms with Crippen molar-refractivity contribution in [2.75, 3.05) is 19.7 Å². The van der Waals surface area contributed by atoms with E-state index in [0.717, 1.165) is 12.3 Å². The zero-order chi connectivity index (χ0) is 28.5. The number of alkyl halides is 5. The molecule has 1 aliphatic heterocycles. The topological polar surface area (TPSA) is 122 Å². The Labute approximate surface area is 215 Å². The minimum absolute atomic E-state index is 0.0946. The predicted molar refractivity (Wildman–Crippen MR) is 119 cm³/mol. The third-order valence-electron chi connectivity index (χ3n) is 5.72. The molecule has 2 amide bonds. The van der Waals surface area contributed by atoms with Crippen LogP contribution in [0.2, 0.25) is 0 Å². The summed E-state index contributed by atoms with van der Waals surface area (Å²) in [6.45, 7) is -0.510. The fourth-order valence-corrected chi connectivity index (χ4v) is 3.96. The standard InChI is InChI=1S/C23H18F6N6O4/c1-12-18(19(36)33-22(4-5-30)10-34(11-22)21(37)23(27,28)29)32-17-3-2-14(8-35(12)17)39-20-15(38-9-16(25)26)6-13(24)7-31-20/h2-3,6-8,16H,4,9-11H2,1H3,(H,33,36). The van der Waals surface area contributed by atoms with Crippen LogP contribution < -0.4 is 14.8 Å². The number of nitriles is 1. The summed E-state index contributed by atoms with van der Waals surface area (Å²) in [6, 6.07) is 5.49. The normalized spacial score (nSPS) is 14.6. The Bertz CT molecular complexity index is 1460. The van der Waals surface area contributed by atoms with Crippen LogP contribution in [0.25, 0.3) is 5.65 Å². The molecule has 1 fully saturated rings. The van der Waals surface area contributed by atoms with Gasteiger partial charge in [-0.15, -0.1) is 0 Å². The SMILES string of the molecule is Cc1c(C(=O)NC2(CC#N)CN(C(=O)C(F)(F)F)C2)nc2ccc(Oc3ncc(F)cc3OCC(F)F)cn12. The molecule has 3 aromatic heterocycles. The number of pyridine rings is 2. The van der Waals surface area contributed by atoms with Crippen molar-refractivity contribution in [3.05, 3.63) is 47.8 Å². The second kappa shape index (κ2) is 10.3. The maximum absolute atomic E-state index is 13.5. The van der Waals surface area contributed by atoms with Gasteiger partial charge in [0.1, 0.15) is 29.5 Å². The van der Waals surface area contributed by atoms with Gasteiger partial charge < -0.3 is 19.7 Å². The molecule has 39 heavy (non-hydrogen) atoms. The van der Waals surface area contributed by atoms with Gasteiger partial charge >= 0.3 is 12.1 Å². The van der Waals surface area contributed by atoms with Gasteiger partial charge in [0.2, 0.25) is 0 Å². The van der Waals surface area contributed by atoms with E-state index in [4.69, 9.17) is 14.7 Å². The van der Waals surface area contributed by atoms with Gasteiger partial charge in [0.15, 0.2) is 5.75 Å². The molecule has 0 aliphatic carbocycles. The van der Waals surface area contributed by atoms with E-state index >= 15 is 0 Å². The molecule has 1 saturated heterocycles. The molecule has 0 atom stereocenters. The van der Waals surface area contributed by atoms with Gasteiger partial charge in [-0.2, -0.15) is 18.4 Å². The van der Waals surface area contributed by atoms with Crippen LogP contribution in [0.3, 0.4) is 0 Å². The molecule has 16 heteroatoms. The number of imidazole rings is 1. The Balaban J connectivity index is 1.54. The van der Waals surface area contributed by atoms with Crippen LogP contribution in [-0.4, -0.2) is 68.9 Å². The van der Waals surface area contributed by atoms with Crippen LogP contribution in [-0.2, 0) is 4.79 Å². The molecular formula is C23H18F6N6O4. The van der Waals surface area contributed by atoms with Gasteiger partial charge in [0.25, 0.3) is 18.2 Å². The monoisotopic (exact) mass is 556 g/mol. The summed E-state index contributed by atoms with van der Waals surface area (Å²) in [4.78, 5) is 32.9. The van der Waals surface area contributed by atoms with Crippen molar-refractivity contribution >= 4 is 17.5 Å². The highest BCUT2D eigenvalue weighted by Gasteiger charge is 2.53. The van der Waals surface area contributed by atoms with Crippen molar-refractivity contribution in [2.45, 2.75) is 31.5 Å². The largest absolute Gasteiger partial charge is 0.482 e. The average Bonchev–Trinajstić information content (AvgIpc) is 3.17. The van der Waals surface area contributed by atoms with Crippen molar-refractivity contribution in [1.29, 1.82) is 5.26 Å². The quantitative estimate of drug-likeness (QED) is 0.422. The number of halogens is 6. The first-order valence-corrected chi connectivity index (χ1v) is 11.1. The number of carbonyl (C=O) groups excluding carboxylic acids is 2. The minimum atomic E-state index is -5.08. The number of fused-ring (bicyclic) bond motifs is 1. The van der Waals surface area contributed by atoms with Crippen LogP contribution >= 0.6 is 0 Å². The number of rotatable bonds is 8. The summed E-state index contributed by atoms with van der Waals surface area (Å²) in [5.41, 5.74) is -0.940. The molecule has 0 unspecified atom stereocenters. The molecule has 4 heterocycles. The fourth-order valence-electron chi connectivity index (χ4n) is 3.96. The summed E-state index contributed by atoms with van der Waals surface area (Å²) in [7, 11) is 0. The highest BCUT2D eigenvalue weighted by molar-refractivity contribution is 5.95. The first-order valence-electron chi connectivity index (χ1n) is 11.1. The molecule has 0 spiro atoms. The molecule has 0 aromatic carbocycles. The van der Waals surface area contributed by atoms with Gasteiger partial charge in [-0.1, -0.05) is 0 Å². The third-order valence-corrected chi connectivity index (χ3v) is 5.72. The van der Waals surface area contributed by atoms with Gasteiger partial charge in [0, 0.05) is 19.2 Å². The number of nitrogens with one attached hydrogen (secondary N) is 1. The smallest absolute Gasteiger partial charge is 0.471 e. The van der Waals surface area contributed by atoms with Crippen LogP contribution in [0, 0.1) is 24.1 Å². The maximum atomic E-state index is 13.5. The summed E-state index contributed by atoms with van der Waals surface area (Å²) >= 11 is 0. The number of aromatic nitrogens is 3. The lowest BCUT2D eigenvalue weighted by Crippen LogP contribution is -2.72. The second-order valence-corrected chi connectivity index (χ2v) is 8.63. The highest BCUT2D eigenvalue weighted by atomic mass is 19.4. The summed E-state index contributed by atoms with van der Waals surface area (Å²) in [6.07, 6.45) is -6.06. The van der Waals surface area contributed by atoms with E-state index in [2.05, 4.69) is 15.3 Å². The number of ether oxygens (including phenoxy) is 2. The molecular weight excluding hydrogens is 538 g/mol. The molecule has 10 nitrogen and oxygen atoms in total. The first-order chi connectivity index (χ1) is 18.3. The van der Waals surface area contributed by atoms with Crippen molar-refractivity contribution in [2.24, 2.45) is 0 Å². The van der Waals surface area contributed by atoms with Gasteiger partial charge in [-0.05, 0) is 19.1 Å². The molecule has 1 N–H and O–H groups in total. The van der Waals surface area contributed by atoms with Crippen molar-refractivity contribution in [3.63, 3.8) is 0 Å². The van der Waals surface area contributed by atoms with Gasteiger partial charge in [-0.25, -0.2) is 23.1 Å². The Morgan fingerprint density at radius 3 is 2.64 bits per heavy atom. The molecule has 0 saturated carbocycles. The maximum Gasteiger partial charge on any atom is 0.471 e. The Kier molecular flexibility index (Phi) is 7.27. The van der Waals surface area contributed by atoms with Crippen LogP contribution in [0.1, 0.15) is 22.6 Å². The number of likely N-dealkylation sites (tertiary alicyclic amines) is 1. The summed E-state index contributed by atoms with van der Waals surface area (Å²) in [5.74, 6) is -4.25. The number of aryl methyl sites for hydroxylation is 1. The second-order valence-electron chi connectivity index (χ2n) is 8.63. The molecule has 206 valence electrons. The lowest BCUT2D eigenvalue weighted by Gasteiger charge is -2.49. The minimum Gasteiger partial charge on any atom is -0.482 e. The van der Waals surface area contributed by atoms with E-state index in [1.54, 1.807) is 6.07 Å². The highest BCUT2D eigenvalue weighted by Crippen LogP contribution is 2.32. The number of nitrogens with zero attached hydrogens (tertiary/aromatic N) is 5. The van der Waals surface area contributed by atoms with E-state index in [0.29, 0.717) is 4.90 Å². The number of hydrogen-bond donors (Lipinski definition) is 1. The summed E-state index contributed by atoms with van der Waals surface area (Å²) in [5, 5.41) is 11.6. The lowest BCUT2D eigenvalue weighted by atomic mass is 9.86. The zero-order valence-electron chi connectivity index (χ0n) is 19.9. The Morgan fingerprint density at radius 2 is 2.00 bits per heavy atom. The van der Waals surface area contributed by atoms with E-state index in [9.17, 15) is 35.9 Å². The number of carbonyl (C=O) groups is 2. The Morgan fingerprint density at radius 1 is 1.28 bits per heavy atom. The number of amides is 2. The molecule has 3 aromatic rings. The predicted octanol–water partition coefficient (Wildman–Crippen LogP) is 3.40. The molecule has 1 aliphatic rings. The van der Waals surface area contributed by atoms with E-state index in [1.165, 1.54) is 29.7 Å². The lowest BCUT2D eigenvalue weighted by molar-refractivity contribution is -0.193. The molecule has 0 bridgehead atoms. The third kappa shape index (κ3) is 5.81. The van der Waals surface area contributed by atoms with Crippen molar-refractivity contribution in [1.82, 2.24) is 24.6 Å². The van der Waals surface area contributed by atoms with Crippen molar-refractivity contribution in [3.8, 4) is 23.4 Å². The van der Waals surface area contributed by atoms with Crippen LogP contribution in [0.15, 0.2) is 30.6 Å². The van der Waals surface area contributed by atoms with Crippen LogP contribution in [0.4, 0.5) is 26.3 Å². The molecule has 0 radical (unpaired) electrons. The van der Waals surface area contributed by atoms with E-state index in [1.807, 2.05) is 0 Å².